The standard InChI is InChI=1S/C47H39Cl2N5O9S2/c1-27(55)52-47-51-23-44(64-47)65(58,59)54-24-35-21-42-41(62-26-43(63-42)33-12-14-36(15-13-33)61-25-30-7-16-37(48)38(49)17-30)20-34(35)19-40(54)45(56)53-39(46(57)60-2)18-28-3-8-31(9-4-28)32-10-5-29(22-50)6-11-32/h3-17,20-21,23,39-40,43H,18-19,24-26H2,1-2H3,(H,53,56)(H,51,52,55)/t39-,40-,43?/m0/s1. The van der Waals surface area contributed by atoms with Crippen molar-refractivity contribution in [3.8, 4) is 34.4 Å². The predicted octanol–water partition coefficient (Wildman–Crippen LogP) is 8.05. The van der Waals surface area contributed by atoms with Crippen molar-refractivity contribution in [1.82, 2.24) is 14.6 Å². The molecular weight excluding hydrogens is 914 g/mol. The lowest BCUT2D eigenvalue weighted by Crippen LogP contribution is -2.55. The Hall–Kier alpha value is -6.48. The summed E-state index contributed by atoms with van der Waals surface area (Å²) >= 11 is 12.9. The van der Waals surface area contributed by atoms with Crippen molar-refractivity contribution in [3.05, 3.63) is 153 Å². The highest BCUT2D eigenvalue weighted by atomic mass is 35.5. The van der Waals surface area contributed by atoms with Crippen LogP contribution in [0.15, 0.2) is 114 Å². The first-order chi connectivity index (χ1) is 31.3. The quantitative estimate of drug-likeness (QED) is 0.107. The predicted molar refractivity (Wildman–Crippen MR) is 243 cm³/mol. The minimum atomic E-state index is -4.43. The molecular formula is C47H39Cl2N5O9S2. The van der Waals surface area contributed by atoms with Crippen LogP contribution in [0.5, 0.6) is 17.2 Å². The summed E-state index contributed by atoms with van der Waals surface area (Å²) in [7, 11) is -3.22. The molecule has 65 heavy (non-hydrogen) atoms. The van der Waals surface area contributed by atoms with Gasteiger partial charge in [-0.15, -0.1) is 0 Å². The van der Waals surface area contributed by atoms with E-state index in [0.717, 1.165) is 44.1 Å². The van der Waals surface area contributed by atoms with Crippen LogP contribution in [0, 0.1) is 11.3 Å². The number of methoxy groups -OCH3 is 1. The number of nitrogens with zero attached hydrogens (tertiary/aromatic N) is 3. The third-order valence-corrected chi connectivity index (χ3v) is 14.8. The number of carbonyl (C=O) groups is 3. The zero-order valence-corrected chi connectivity index (χ0v) is 37.9. The number of thiazole rings is 1. The molecule has 2 N–H and O–H groups in total. The number of esters is 1. The van der Waals surface area contributed by atoms with Gasteiger partial charge in [-0.1, -0.05) is 89.1 Å². The lowest BCUT2D eigenvalue weighted by molar-refractivity contribution is -0.145. The van der Waals surface area contributed by atoms with Gasteiger partial charge in [-0.25, -0.2) is 18.2 Å². The molecule has 0 saturated carbocycles. The number of rotatable bonds is 13. The normalized spacial score (nSPS) is 16.0. The first-order valence-corrected chi connectivity index (χ1v) is 23.1. The maximum absolute atomic E-state index is 14.5. The van der Waals surface area contributed by atoms with Gasteiger partial charge in [-0.2, -0.15) is 9.57 Å². The van der Waals surface area contributed by atoms with E-state index in [0.29, 0.717) is 49.5 Å². The molecule has 2 amide bonds. The van der Waals surface area contributed by atoms with Crippen LogP contribution in [0.4, 0.5) is 5.13 Å². The third kappa shape index (κ3) is 10.3. The van der Waals surface area contributed by atoms with E-state index in [1.54, 1.807) is 36.4 Å². The van der Waals surface area contributed by atoms with E-state index in [1.165, 1.54) is 14.0 Å². The van der Waals surface area contributed by atoms with Gasteiger partial charge in [0, 0.05) is 19.9 Å². The topological polar surface area (TPSA) is 186 Å². The van der Waals surface area contributed by atoms with E-state index in [-0.39, 0.29) is 41.9 Å². The maximum Gasteiger partial charge on any atom is 0.328 e. The summed E-state index contributed by atoms with van der Waals surface area (Å²) in [5, 5.41) is 15.4. The number of amides is 2. The van der Waals surface area contributed by atoms with E-state index in [4.69, 9.17) is 47.4 Å². The van der Waals surface area contributed by atoms with Crippen LogP contribution >= 0.6 is 34.5 Å². The number of benzene rings is 5. The van der Waals surface area contributed by atoms with Gasteiger partial charge in [0.15, 0.2) is 26.9 Å². The third-order valence-electron chi connectivity index (χ3n) is 10.8. The second-order valence-electron chi connectivity index (χ2n) is 15.2. The number of nitriles is 1. The van der Waals surface area contributed by atoms with Crippen LogP contribution in [0.25, 0.3) is 11.1 Å². The average Bonchev–Trinajstić information content (AvgIpc) is 3.79. The number of halogens is 2. The molecule has 8 rings (SSSR count). The van der Waals surface area contributed by atoms with Crippen molar-refractivity contribution in [2.75, 3.05) is 19.0 Å². The number of ether oxygens (including phenoxy) is 4. The Labute approximate surface area is 388 Å². The summed E-state index contributed by atoms with van der Waals surface area (Å²) in [6.45, 7) is 1.50. The lowest BCUT2D eigenvalue weighted by atomic mass is 9.93. The Morgan fingerprint density at radius 1 is 0.923 bits per heavy atom. The van der Waals surface area contributed by atoms with Crippen molar-refractivity contribution in [3.63, 3.8) is 0 Å². The highest BCUT2D eigenvalue weighted by molar-refractivity contribution is 7.91. The Kier molecular flexibility index (Phi) is 13.4. The number of hydrogen-bond donors (Lipinski definition) is 2. The number of nitrogens with one attached hydrogen (secondary N) is 2. The molecule has 0 spiro atoms. The molecule has 14 nitrogen and oxygen atoms in total. The Bertz CT molecular complexity index is 2920. The smallest absolute Gasteiger partial charge is 0.328 e. The monoisotopic (exact) mass is 951 g/mol. The highest BCUT2D eigenvalue weighted by Gasteiger charge is 2.42. The van der Waals surface area contributed by atoms with Gasteiger partial charge in [0.2, 0.25) is 11.8 Å². The molecule has 6 aromatic rings. The summed E-state index contributed by atoms with van der Waals surface area (Å²) in [4.78, 5) is 43.5. The van der Waals surface area contributed by atoms with Gasteiger partial charge in [0.1, 0.15) is 31.0 Å². The van der Waals surface area contributed by atoms with E-state index in [9.17, 15) is 22.8 Å². The molecule has 0 radical (unpaired) electrons. The molecule has 2 aliphatic heterocycles. The molecule has 3 heterocycles. The van der Waals surface area contributed by atoms with Crippen molar-refractivity contribution in [2.45, 2.75) is 55.3 Å². The molecule has 2 aliphatic rings. The molecule has 18 heteroatoms. The van der Waals surface area contributed by atoms with E-state index < -0.39 is 46.0 Å². The van der Waals surface area contributed by atoms with Crippen molar-refractivity contribution < 1.29 is 41.7 Å². The molecule has 1 aromatic heterocycles. The Morgan fingerprint density at radius 2 is 1.62 bits per heavy atom. The Morgan fingerprint density at radius 3 is 2.29 bits per heavy atom. The molecule has 0 fully saturated rings. The largest absolute Gasteiger partial charge is 0.489 e. The zero-order chi connectivity index (χ0) is 45.8. The molecule has 0 saturated heterocycles. The average molecular weight is 953 g/mol. The fourth-order valence-electron chi connectivity index (χ4n) is 7.45. The fraction of sp³-hybridized carbons (Fsp3) is 0.213. The second-order valence-corrected chi connectivity index (χ2v) is 19.2. The molecule has 332 valence electrons. The first-order valence-electron chi connectivity index (χ1n) is 20.1. The number of sulfonamides is 1. The molecule has 0 aliphatic carbocycles. The minimum absolute atomic E-state index is 0.0470. The Balaban J connectivity index is 1.02. The van der Waals surface area contributed by atoms with Crippen LogP contribution in [0.1, 0.15) is 46.4 Å². The van der Waals surface area contributed by atoms with Gasteiger partial charge in [-0.05, 0) is 93.9 Å². The second kappa shape index (κ2) is 19.3. The molecule has 1 unspecified atom stereocenters. The van der Waals surface area contributed by atoms with Crippen molar-refractivity contribution in [1.29, 1.82) is 5.26 Å². The molecule has 0 bridgehead atoms. The van der Waals surface area contributed by atoms with Crippen LogP contribution in [-0.2, 0) is 55.1 Å². The van der Waals surface area contributed by atoms with E-state index >= 15 is 0 Å². The minimum Gasteiger partial charge on any atom is -0.489 e. The van der Waals surface area contributed by atoms with Gasteiger partial charge in [0.05, 0.1) is 35.0 Å². The first kappa shape index (κ1) is 45.1. The number of carbonyl (C=O) groups excluding carboxylic acids is 3. The summed E-state index contributed by atoms with van der Waals surface area (Å²) in [6.07, 6.45) is 0.602. The van der Waals surface area contributed by atoms with Crippen LogP contribution in [-0.4, -0.2) is 61.3 Å². The summed E-state index contributed by atoms with van der Waals surface area (Å²) in [6, 6.07) is 30.3. The van der Waals surface area contributed by atoms with Crippen LogP contribution in [0.3, 0.4) is 0 Å². The maximum atomic E-state index is 14.5. The summed E-state index contributed by atoms with van der Waals surface area (Å²) in [5.41, 5.74) is 5.92. The molecule has 5 aromatic carbocycles. The highest BCUT2D eigenvalue weighted by Crippen LogP contribution is 2.42. The number of fused-ring (bicyclic) bond motifs is 2. The number of aromatic nitrogens is 1. The van der Waals surface area contributed by atoms with Crippen molar-refractivity contribution in [2.24, 2.45) is 0 Å². The van der Waals surface area contributed by atoms with Gasteiger partial charge in [-0.3, -0.25) is 9.59 Å². The SMILES string of the molecule is COC(=O)[C@H](Cc1ccc(-c2ccc(C#N)cc2)cc1)NC(=O)[C@@H]1Cc2cc3c(cc2CN1S(=O)(=O)c1cnc(NC(C)=O)s1)OC(c1ccc(OCc2ccc(Cl)c(Cl)c2)cc1)CO3. The van der Waals surface area contributed by atoms with Gasteiger partial charge in [0.25, 0.3) is 10.0 Å². The van der Waals surface area contributed by atoms with E-state index in [1.807, 2.05) is 66.7 Å². The number of hydrogen-bond acceptors (Lipinski definition) is 12. The van der Waals surface area contributed by atoms with Crippen LogP contribution < -0.4 is 24.8 Å². The fourth-order valence-corrected chi connectivity index (χ4v) is 10.5. The van der Waals surface area contributed by atoms with E-state index in [2.05, 4.69) is 21.7 Å². The number of anilines is 1. The zero-order valence-electron chi connectivity index (χ0n) is 34.7. The molecule has 3 atom stereocenters. The van der Waals surface area contributed by atoms with Crippen LogP contribution in [0.2, 0.25) is 10.0 Å². The van der Waals surface area contributed by atoms with Gasteiger partial charge >= 0.3 is 5.97 Å². The summed E-state index contributed by atoms with van der Waals surface area (Å²) < 4.78 is 53.5. The van der Waals surface area contributed by atoms with Crippen molar-refractivity contribution >= 4 is 67.5 Å². The van der Waals surface area contributed by atoms with Gasteiger partial charge < -0.3 is 29.6 Å². The lowest BCUT2D eigenvalue weighted by Gasteiger charge is -2.36. The summed E-state index contributed by atoms with van der Waals surface area (Å²) in [5.74, 6) is -0.432.